The Labute approximate surface area is 155 Å². The highest BCUT2D eigenvalue weighted by molar-refractivity contribution is 7.99. The number of carbonyl (C=O) groups is 1. The summed E-state index contributed by atoms with van der Waals surface area (Å²) in [5, 5.41) is 8.84. The lowest BCUT2D eigenvalue weighted by molar-refractivity contribution is -0.139. The van der Waals surface area contributed by atoms with Gasteiger partial charge in [-0.1, -0.05) is 41.6 Å². The molecule has 3 aromatic rings. The van der Waals surface area contributed by atoms with E-state index >= 15 is 0 Å². The molecule has 0 N–H and O–H groups in total. The second-order valence-corrected chi connectivity index (χ2v) is 6.49. The number of carbonyl (C=O) groups excluding carboxylic acids is 1. The van der Waals surface area contributed by atoms with E-state index in [4.69, 9.17) is 4.74 Å². The number of aromatic nitrogens is 3. The number of hydrogen-bond acceptors (Lipinski definition) is 5. The van der Waals surface area contributed by atoms with Crippen molar-refractivity contribution in [2.75, 3.05) is 12.4 Å². The molecule has 0 aliphatic rings. The minimum Gasteiger partial charge on any atom is -0.465 e. The van der Waals surface area contributed by atoms with Crippen LogP contribution in [0.5, 0.6) is 0 Å². The zero-order chi connectivity index (χ0) is 18.5. The standard InChI is InChI=1S/C19H18FN3O2S/c1-3-25-17(24)12-26-19-22-21-18(15-6-4-5-7-16(15)20)23(19)14-10-8-13(2)9-11-14/h4-11H,3,12H2,1-2H3. The molecule has 134 valence electrons. The summed E-state index contributed by atoms with van der Waals surface area (Å²) in [5.41, 5.74) is 2.25. The van der Waals surface area contributed by atoms with Gasteiger partial charge in [-0.25, -0.2) is 4.39 Å². The fraction of sp³-hybridized carbons (Fsp3) is 0.211. The van der Waals surface area contributed by atoms with Gasteiger partial charge in [0.05, 0.1) is 17.9 Å². The minimum absolute atomic E-state index is 0.106. The molecule has 3 rings (SSSR count). The van der Waals surface area contributed by atoms with Gasteiger partial charge >= 0.3 is 5.97 Å². The number of nitrogens with zero attached hydrogens (tertiary/aromatic N) is 3. The van der Waals surface area contributed by atoms with E-state index in [1.807, 2.05) is 31.2 Å². The molecule has 1 aromatic heterocycles. The number of esters is 1. The van der Waals surface area contributed by atoms with Crippen LogP contribution in [0, 0.1) is 12.7 Å². The Morgan fingerprint density at radius 2 is 1.88 bits per heavy atom. The van der Waals surface area contributed by atoms with E-state index < -0.39 is 0 Å². The van der Waals surface area contributed by atoms with Crippen LogP contribution in [0.25, 0.3) is 17.1 Å². The number of benzene rings is 2. The van der Waals surface area contributed by atoms with Crippen LogP contribution in [0.2, 0.25) is 0 Å². The van der Waals surface area contributed by atoms with Gasteiger partial charge in [0.2, 0.25) is 0 Å². The van der Waals surface area contributed by atoms with Crippen molar-refractivity contribution < 1.29 is 13.9 Å². The van der Waals surface area contributed by atoms with E-state index in [0.29, 0.717) is 23.2 Å². The molecule has 7 heteroatoms. The Morgan fingerprint density at radius 3 is 2.58 bits per heavy atom. The molecule has 0 bridgehead atoms. The number of hydrogen-bond donors (Lipinski definition) is 0. The Balaban J connectivity index is 2.04. The van der Waals surface area contributed by atoms with Gasteiger partial charge in [0, 0.05) is 5.69 Å². The molecule has 26 heavy (non-hydrogen) atoms. The van der Waals surface area contributed by atoms with E-state index in [9.17, 15) is 9.18 Å². The zero-order valence-corrected chi connectivity index (χ0v) is 15.3. The molecular weight excluding hydrogens is 353 g/mol. The normalized spacial score (nSPS) is 10.7. The van der Waals surface area contributed by atoms with Crippen molar-refractivity contribution in [1.82, 2.24) is 14.8 Å². The lowest BCUT2D eigenvalue weighted by atomic mass is 10.2. The number of rotatable bonds is 6. The molecule has 0 aliphatic carbocycles. The summed E-state index contributed by atoms with van der Waals surface area (Å²) < 4.78 is 21.0. The lowest BCUT2D eigenvalue weighted by Crippen LogP contribution is -2.08. The van der Waals surface area contributed by atoms with Crippen molar-refractivity contribution in [2.24, 2.45) is 0 Å². The average molecular weight is 371 g/mol. The van der Waals surface area contributed by atoms with E-state index in [1.165, 1.54) is 17.8 Å². The lowest BCUT2D eigenvalue weighted by Gasteiger charge is -2.11. The molecule has 0 unspecified atom stereocenters. The molecule has 0 amide bonds. The summed E-state index contributed by atoms with van der Waals surface area (Å²) in [6.07, 6.45) is 0. The molecular formula is C19H18FN3O2S. The molecule has 0 radical (unpaired) electrons. The van der Waals surface area contributed by atoms with Crippen LogP contribution in [-0.2, 0) is 9.53 Å². The molecule has 0 saturated heterocycles. The molecule has 5 nitrogen and oxygen atoms in total. The highest BCUT2D eigenvalue weighted by atomic mass is 32.2. The third-order valence-corrected chi connectivity index (χ3v) is 4.57. The van der Waals surface area contributed by atoms with Crippen molar-refractivity contribution in [1.29, 1.82) is 0 Å². The summed E-state index contributed by atoms with van der Waals surface area (Å²) >= 11 is 1.21. The summed E-state index contributed by atoms with van der Waals surface area (Å²) in [4.78, 5) is 11.7. The number of halogens is 1. The maximum atomic E-state index is 14.3. The first-order valence-corrected chi connectivity index (χ1v) is 9.14. The predicted octanol–water partition coefficient (Wildman–Crippen LogP) is 4.04. The Hall–Kier alpha value is -2.67. The topological polar surface area (TPSA) is 57.0 Å². The van der Waals surface area contributed by atoms with Crippen molar-refractivity contribution in [3.8, 4) is 17.1 Å². The fourth-order valence-electron chi connectivity index (χ4n) is 2.43. The van der Waals surface area contributed by atoms with Gasteiger partial charge in [0.25, 0.3) is 0 Å². The highest BCUT2D eigenvalue weighted by Gasteiger charge is 2.19. The smallest absolute Gasteiger partial charge is 0.316 e. The summed E-state index contributed by atoms with van der Waals surface area (Å²) in [6, 6.07) is 14.2. The third-order valence-electron chi connectivity index (χ3n) is 3.66. The quantitative estimate of drug-likeness (QED) is 0.484. The molecule has 2 aromatic carbocycles. The van der Waals surface area contributed by atoms with Crippen molar-refractivity contribution >= 4 is 17.7 Å². The van der Waals surface area contributed by atoms with Gasteiger partial charge in [-0.05, 0) is 38.1 Å². The van der Waals surface area contributed by atoms with E-state index in [2.05, 4.69) is 10.2 Å². The largest absolute Gasteiger partial charge is 0.465 e. The highest BCUT2D eigenvalue weighted by Crippen LogP contribution is 2.29. The van der Waals surface area contributed by atoms with E-state index in [0.717, 1.165) is 11.3 Å². The molecule has 1 heterocycles. The Bertz CT molecular complexity index is 909. The maximum absolute atomic E-state index is 14.3. The van der Waals surface area contributed by atoms with Crippen LogP contribution in [0.1, 0.15) is 12.5 Å². The summed E-state index contributed by atoms with van der Waals surface area (Å²) in [7, 11) is 0. The zero-order valence-electron chi connectivity index (χ0n) is 14.5. The molecule has 0 atom stereocenters. The van der Waals surface area contributed by atoms with Crippen molar-refractivity contribution in [3.05, 3.63) is 59.9 Å². The Kier molecular flexibility index (Phi) is 5.68. The second kappa shape index (κ2) is 8.14. The van der Waals surface area contributed by atoms with Gasteiger partial charge in [-0.15, -0.1) is 10.2 Å². The number of aryl methyl sites for hydroxylation is 1. The summed E-state index contributed by atoms with van der Waals surface area (Å²) in [6.45, 7) is 4.07. The summed E-state index contributed by atoms with van der Waals surface area (Å²) in [5.74, 6) is -0.216. The van der Waals surface area contributed by atoms with Crippen LogP contribution in [-0.4, -0.2) is 33.1 Å². The number of thioether (sulfide) groups is 1. The predicted molar refractivity (Wildman–Crippen MR) is 98.8 cm³/mol. The van der Waals surface area contributed by atoms with Crippen LogP contribution in [0.15, 0.2) is 53.7 Å². The third kappa shape index (κ3) is 3.94. The van der Waals surface area contributed by atoms with Gasteiger partial charge in [-0.3, -0.25) is 9.36 Å². The van der Waals surface area contributed by atoms with Gasteiger partial charge < -0.3 is 4.74 Å². The van der Waals surface area contributed by atoms with Crippen LogP contribution in [0.4, 0.5) is 4.39 Å². The molecule has 0 saturated carbocycles. The first kappa shape index (κ1) is 18.1. The SMILES string of the molecule is CCOC(=O)CSc1nnc(-c2ccccc2F)n1-c1ccc(C)cc1. The van der Waals surface area contributed by atoms with Gasteiger partial charge in [0.1, 0.15) is 5.82 Å². The second-order valence-electron chi connectivity index (χ2n) is 5.55. The van der Waals surface area contributed by atoms with E-state index in [1.54, 1.807) is 29.7 Å². The first-order valence-electron chi connectivity index (χ1n) is 8.16. The molecule has 0 fully saturated rings. The van der Waals surface area contributed by atoms with Crippen LogP contribution in [0.3, 0.4) is 0 Å². The monoisotopic (exact) mass is 371 g/mol. The number of ether oxygens (including phenoxy) is 1. The minimum atomic E-state index is -0.379. The molecule has 0 spiro atoms. The molecule has 0 aliphatic heterocycles. The van der Waals surface area contributed by atoms with Crippen LogP contribution < -0.4 is 0 Å². The maximum Gasteiger partial charge on any atom is 0.316 e. The Morgan fingerprint density at radius 1 is 1.15 bits per heavy atom. The van der Waals surface area contributed by atoms with Crippen LogP contribution >= 0.6 is 11.8 Å². The van der Waals surface area contributed by atoms with Gasteiger partial charge in [-0.2, -0.15) is 0 Å². The van der Waals surface area contributed by atoms with Crippen molar-refractivity contribution in [3.63, 3.8) is 0 Å². The van der Waals surface area contributed by atoms with E-state index in [-0.39, 0.29) is 17.5 Å². The first-order chi connectivity index (χ1) is 12.6. The average Bonchev–Trinajstić information content (AvgIpc) is 3.05. The van der Waals surface area contributed by atoms with Gasteiger partial charge in [0.15, 0.2) is 11.0 Å². The van der Waals surface area contributed by atoms with Crippen molar-refractivity contribution in [2.45, 2.75) is 19.0 Å². The fourth-order valence-corrected chi connectivity index (χ4v) is 3.18.